The molecule has 0 saturated carbocycles. The standard InChI is InChI=1S/C8H20N2OS/c1-8(7-9)10-3-6-12-5-2-4-11/h8,10-11H,2-7,9H2,1H3. The maximum Gasteiger partial charge on any atom is 0.0438 e. The molecule has 0 fully saturated rings. The van der Waals surface area contributed by atoms with Crippen LogP contribution in [0.3, 0.4) is 0 Å². The second-order valence-electron chi connectivity index (χ2n) is 2.78. The lowest BCUT2D eigenvalue weighted by Crippen LogP contribution is -2.34. The van der Waals surface area contributed by atoms with Crippen molar-refractivity contribution in [3.8, 4) is 0 Å². The van der Waals surface area contributed by atoms with E-state index in [-0.39, 0.29) is 0 Å². The van der Waals surface area contributed by atoms with Crippen molar-refractivity contribution in [2.24, 2.45) is 5.73 Å². The van der Waals surface area contributed by atoms with Gasteiger partial charge in [-0.25, -0.2) is 0 Å². The average molecular weight is 192 g/mol. The molecule has 0 aromatic rings. The molecule has 0 aromatic heterocycles. The summed E-state index contributed by atoms with van der Waals surface area (Å²) in [5, 5.41) is 11.8. The highest BCUT2D eigenvalue weighted by Crippen LogP contribution is 1.99. The smallest absolute Gasteiger partial charge is 0.0438 e. The van der Waals surface area contributed by atoms with Gasteiger partial charge in [-0.05, 0) is 19.1 Å². The predicted octanol–water partition coefficient (Wildman–Crippen LogP) is 0.0388. The van der Waals surface area contributed by atoms with Gasteiger partial charge in [-0.3, -0.25) is 0 Å². The molecule has 74 valence electrons. The number of thioether (sulfide) groups is 1. The highest BCUT2D eigenvalue weighted by atomic mass is 32.2. The Labute approximate surface area is 79.1 Å². The van der Waals surface area contributed by atoms with Gasteiger partial charge < -0.3 is 16.2 Å². The van der Waals surface area contributed by atoms with E-state index in [0.29, 0.717) is 19.2 Å². The summed E-state index contributed by atoms with van der Waals surface area (Å²) in [4.78, 5) is 0. The third kappa shape index (κ3) is 8.33. The van der Waals surface area contributed by atoms with Gasteiger partial charge in [0, 0.05) is 31.5 Å². The van der Waals surface area contributed by atoms with Gasteiger partial charge in [0.25, 0.3) is 0 Å². The van der Waals surface area contributed by atoms with Crippen LogP contribution < -0.4 is 11.1 Å². The van der Waals surface area contributed by atoms with Crippen LogP contribution in [-0.4, -0.2) is 42.4 Å². The second-order valence-corrected chi connectivity index (χ2v) is 4.01. The molecule has 0 rings (SSSR count). The molecule has 0 aliphatic rings. The van der Waals surface area contributed by atoms with Crippen molar-refractivity contribution in [1.82, 2.24) is 5.32 Å². The Morgan fingerprint density at radius 2 is 2.25 bits per heavy atom. The van der Waals surface area contributed by atoms with Crippen molar-refractivity contribution >= 4 is 11.8 Å². The molecular formula is C8H20N2OS. The van der Waals surface area contributed by atoms with E-state index in [1.807, 2.05) is 11.8 Å². The van der Waals surface area contributed by atoms with Gasteiger partial charge in [-0.15, -0.1) is 0 Å². The molecule has 0 aliphatic carbocycles. The Morgan fingerprint density at radius 1 is 1.50 bits per heavy atom. The summed E-state index contributed by atoms with van der Waals surface area (Å²) < 4.78 is 0. The number of aliphatic hydroxyl groups excluding tert-OH is 1. The van der Waals surface area contributed by atoms with Gasteiger partial charge in [0.1, 0.15) is 0 Å². The van der Waals surface area contributed by atoms with Crippen LogP contribution in [0.1, 0.15) is 13.3 Å². The molecule has 0 aromatic carbocycles. The topological polar surface area (TPSA) is 58.3 Å². The van der Waals surface area contributed by atoms with Crippen LogP contribution in [0.2, 0.25) is 0 Å². The fraction of sp³-hybridized carbons (Fsp3) is 1.00. The molecule has 0 saturated heterocycles. The summed E-state index contributed by atoms with van der Waals surface area (Å²) >= 11 is 1.87. The highest BCUT2D eigenvalue weighted by molar-refractivity contribution is 7.99. The Bertz CT molecular complexity index is 93.1. The van der Waals surface area contributed by atoms with Crippen molar-refractivity contribution in [1.29, 1.82) is 0 Å². The molecular weight excluding hydrogens is 172 g/mol. The van der Waals surface area contributed by atoms with E-state index in [0.717, 1.165) is 24.5 Å². The Kier molecular flexibility index (Phi) is 9.50. The third-order valence-corrected chi connectivity index (χ3v) is 2.61. The molecule has 0 bridgehead atoms. The van der Waals surface area contributed by atoms with Gasteiger partial charge in [0.2, 0.25) is 0 Å². The molecule has 12 heavy (non-hydrogen) atoms. The summed E-state index contributed by atoms with van der Waals surface area (Å²) in [6.45, 7) is 4.09. The van der Waals surface area contributed by atoms with E-state index in [1.165, 1.54) is 0 Å². The molecule has 0 radical (unpaired) electrons. The Hall–Kier alpha value is 0.230. The maximum atomic E-state index is 8.50. The number of rotatable bonds is 8. The molecule has 1 unspecified atom stereocenters. The lowest BCUT2D eigenvalue weighted by atomic mass is 10.3. The fourth-order valence-electron chi connectivity index (χ4n) is 0.730. The zero-order valence-corrected chi connectivity index (χ0v) is 8.57. The van der Waals surface area contributed by atoms with E-state index >= 15 is 0 Å². The summed E-state index contributed by atoms with van der Waals surface area (Å²) in [6.07, 6.45) is 0.900. The first-order valence-corrected chi connectivity index (χ1v) is 5.58. The molecule has 4 N–H and O–H groups in total. The lowest BCUT2D eigenvalue weighted by Gasteiger charge is -2.10. The van der Waals surface area contributed by atoms with Crippen LogP contribution in [0.15, 0.2) is 0 Å². The number of aliphatic hydroxyl groups is 1. The number of nitrogens with one attached hydrogen (secondary N) is 1. The third-order valence-electron chi connectivity index (χ3n) is 1.54. The summed E-state index contributed by atoms with van der Waals surface area (Å²) in [7, 11) is 0. The van der Waals surface area contributed by atoms with E-state index in [9.17, 15) is 0 Å². The lowest BCUT2D eigenvalue weighted by molar-refractivity contribution is 0.296. The van der Waals surface area contributed by atoms with Crippen LogP contribution in [0, 0.1) is 0 Å². The summed E-state index contributed by atoms with van der Waals surface area (Å²) in [6, 6.07) is 0.420. The minimum absolute atomic E-state index is 0.305. The SMILES string of the molecule is CC(CN)NCCSCCCO. The van der Waals surface area contributed by atoms with Crippen molar-refractivity contribution in [2.75, 3.05) is 31.2 Å². The first kappa shape index (κ1) is 12.2. The van der Waals surface area contributed by atoms with Crippen molar-refractivity contribution in [3.05, 3.63) is 0 Å². The summed E-state index contributed by atoms with van der Waals surface area (Å²) in [5.74, 6) is 2.15. The molecule has 4 heteroatoms. The van der Waals surface area contributed by atoms with Gasteiger partial charge in [-0.2, -0.15) is 11.8 Å². The van der Waals surface area contributed by atoms with Crippen molar-refractivity contribution in [2.45, 2.75) is 19.4 Å². The van der Waals surface area contributed by atoms with E-state index in [1.54, 1.807) is 0 Å². The predicted molar refractivity (Wildman–Crippen MR) is 55.5 cm³/mol. The molecule has 1 atom stereocenters. The maximum absolute atomic E-state index is 8.50. The molecule has 0 aliphatic heterocycles. The molecule has 0 heterocycles. The monoisotopic (exact) mass is 192 g/mol. The molecule has 3 nitrogen and oxygen atoms in total. The van der Waals surface area contributed by atoms with Gasteiger partial charge in [0.15, 0.2) is 0 Å². The van der Waals surface area contributed by atoms with Crippen LogP contribution in [-0.2, 0) is 0 Å². The van der Waals surface area contributed by atoms with E-state index in [2.05, 4.69) is 12.2 Å². The average Bonchev–Trinajstić information content (AvgIpc) is 2.10. The van der Waals surface area contributed by atoms with E-state index < -0.39 is 0 Å². The first-order valence-electron chi connectivity index (χ1n) is 4.43. The van der Waals surface area contributed by atoms with Crippen LogP contribution in [0.5, 0.6) is 0 Å². The van der Waals surface area contributed by atoms with Crippen molar-refractivity contribution < 1.29 is 5.11 Å². The minimum atomic E-state index is 0.305. The molecule has 0 amide bonds. The van der Waals surface area contributed by atoms with Gasteiger partial charge in [0.05, 0.1) is 0 Å². The first-order chi connectivity index (χ1) is 5.81. The largest absolute Gasteiger partial charge is 0.396 e. The minimum Gasteiger partial charge on any atom is -0.396 e. The molecule has 0 spiro atoms. The zero-order chi connectivity index (χ0) is 9.23. The fourth-order valence-corrected chi connectivity index (χ4v) is 1.53. The van der Waals surface area contributed by atoms with Crippen LogP contribution in [0.4, 0.5) is 0 Å². The van der Waals surface area contributed by atoms with Crippen LogP contribution in [0.25, 0.3) is 0 Å². The van der Waals surface area contributed by atoms with Crippen LogP contribution >= 0.6 is 11.8 Å². The number of nitrogens with two attached hydrogens (primary N) is 1. The normalized spacial score (nSPS) is 13.2. The van der Waals surface area contributed by atoms with E-state index in [4.69, 9.17) is 10.8 Å². The second kappa shape index (κ2) is 9.32. The van der Waals surface area contributed by atoms with Gasteiger partial charge >= 0.3 is 0 Å². The zero-order valence-electron chi connectivity index (χ0n) is 7.75. The Morgan fingerprint density at radius 3 is 2.83 bits per heavy atom. The highest BCUT2D eigenvalue weighted by Gasteiger charge is 1.95. The van der Waals surface area contributed by atoms with Gasteiger partial charge in [-0.1, -0.05) is 0 Å². The van der Waals surface area contributed by atoms with Crippen molar-refractivity contribution in [3.63, 3.8) is 0 Å². The number of hydrogen-bond donors (Lipinski definition) is 3. The Balaban J connectivity index is 2.90. The summed E-state index contributed by atoms with van der Waals surface area (Å²) in [5.41, 5.74) is 5.43. The number of hydrogen-bond acceptors (Lipinski definition) is 4. The quantitative estimate of drug-likeness (QED) is 0.475.